The van der Waals surface area contributed by atoms with Crippen molar-refractivity contribution in [2.24, 2.45) is 0 Å². The third kappa shape index (κ3) is 4.03. The van der Waals surface area contributed by atoms with Gasteiger partial charge in [0.1, 0.15) is 17.2 Å². The van der Waals surface area contributed by atoms with E-state index in [2.05, 4.69) is 33.7 Å². The molecule has 0 amide bonds. The van der Waals surface area contributed by atoms with E-state index in [0.717, 1.165) is 17.6 Å². The van der Waals surface area contributed by atoms with Crippen LogP contribution in [-0.4, -0.2) is 39.1 Å². The van der Waals surface area contributed by atoms with Crippen LogP contribution in [0.4, 0.5) is 5.82 Å². The van der Waals surface area contributed by atoms with Crippen molar-refractivity contribution in [1.82, 2.24) is 15.0 Å². The number of nitrogens with one attached hydrogen (secondary N) is 1. The minimum absolute atomic E-state index is 0.281. The van der Waals surface area contributed by atoms with Gasteiger partial charge >= 0.3 is 5.97 Å². The van der Waals surface area contributed by atoms with Crippen LogP contribution in [0.1, 0.15) is 35.6 Å². The largest absolute Gasteiger partial charge is 0.477 e. The van der Waals surface area contributed by atoms with Crippen LogP contribution < -0.4 is 10.5 Å². The monoisotopic (exact) mass is 314 g/mol. The van der Waals surface area contributed by atoms with E-state index in [4.69, 9.17) is 5.11 Å². The van der Waals surface area contributed by atoms with Gasteiger partial charge in [-0.15, -0.1) is 0 Å². The second kappa shape index (κ2) is 6.87. The van der Waals surface area contributed by atoms with Crippen LogP contribution in [-0.2, 0) is 0 Å². The van der Waals surface area contributed by atoms with Crippen molar-refractivity contribution in [2.75, 3.05) is 11.9 Å². The molecule has 0 unspecified atom stereocenters. The van der Waals surface area contributed by atoms with Gasteiger partial charge in [-0.05, 0) is 43.7 Å². The summed E-state index contributed by atoms with van der Waals surface area (Å²) in [6.07, 6.45) is 6.09. The number of carboxylic acid groups (broad SMARTS) is 1. The Morgan fingerprint density at radius 1 is 1.26 bits per heavy atom. The third-order valence-corrected chi connectivity index (χ3v) is 3.39. The Kier molecular flexibility index (Phi) is 4.90. The smallest absolute Gasteiger partial charge is 0.342 e. The molecular weight excluding hydrogens is 296 g/mol. The Hall–Kier alpha value is -2.96. The number of aromatic nitrogens is 3. The van der Waals surface area contributed by atoms with Gasteiger partial charge < -0.3 is 15.0 Å². The number of anilines is 1. The van der Waals surface area contributed by atoms with Crippen molar-refractivity contribution in [3.05, 3.63) is 51.8 Å². The average molecular weight is 314 g/mol. The topological polar surface area (TPSA) is 99.2 Å². The molecule has 2 rings (SSSR count). The molecule has 0 atom stereocenters. The maximum Gasteiger partial charge on any atom is 0.342 e. The molecule has 0 aromatic carbocycles. The van der Waals surface area contributed by atoms with Crippen molar-refractivity contribution < 1.29 is 9.90 Å². The molecule has 0 aliphatic carbocycles. The summed E-state index contributed by atoms with van der Waals surface area (Å²) < 4.78 is 0. The van der Waals surface area contributed by atoms with Crippen molar-refractivity contribution in [3.8, 4) is 0 Å². The number of H-pyrrole nitrogens is 1. The van der Waals surface area contributed by atoms with Crippen LogP contribution in [0.5, 0.6) is 0 Å². The zero-order valence-corrected chi connectivity index (χ0v) is 13.1. The molecule has 120 valence electrons. The van der Waals surface area contributed by atoms with Crippen LogP contribution in [0.3, 0.4) is 0 Å². The minimum atomic E-state index is -1.30. The van der Waals surface area contributed by atoms with E-state index < -0.39 is 11.5 Å². The molecule has 0 saturated heterocycles. The summed E-state index contributed by atoms with van der Waals surface area (Å²) in [5.74, 6) is -0.152. The highest BCUT2D eigenvalue weighted by molar-refractivity contribution is 5.86. The van der Waals surface area contributed by atoms with Crippen LogP contribution >= 0.6 is 0 Å². The SMILES string of the molecule is CC(C)N(C)c1ccc(/C=C/c2ncc(C(=O)O)c(=O)[nH]2)cn1. The predicted octanol–water partition coefficient (Wildman–Crippen LogP) is 1.88. The summed E-state index contributed by atoms with van der Waals surface area (Å²) in [5.41, 5.74) is -0.222. The number of aromatic carboxylic acids is 1. The molecule has 2 N–H and O–H groups in total. The van der Waals surface area contributed by atoms with E-state index in [-0.39, 0.29) is 11.4 Å². The van der Waals surface area contributed by atoms with Crippen LogP contribution in [0.25, 0.3) is 12.2 Å². The minimum Gasteiger partial charge on any atom is -0.477 e. The molecule has 2 heterocycles. The zero-order valence-electron chi connectivity index (χ0n) is 13.1. The van der Waals surface area contributed by atoms with Gasteiger partial charge in [0.2, 0.25) is 0 Å². The first-order valence-electron chi connectivity index (χ1n) is 7.08. The van der Waals surface area contributed by atoms with Gasteiger partial charge in [-0.1, -0.05) is 0 Å². The van der Waals surface area contributed by atoms with Crippen molar-refractivity contribution >= 4 is 23.9 Å². The quantitative estimate of drug-likeness (QED) is 0.874. The lowest BCUT2D eigenvalue weighted by molar-refractivity contribution is 0.0694. The lowest BCUT2D eigenvalue weighted by Gasteiger charge is -2.22. The highest BCUT2D eigenvalue weighted by Crippen LogP contribution is 2.13. The van der Waals surface area contributed by atoms with Gasteiger partial charge in [0.15, 0.2) is 0 Å². The van der Waals surface area contributed by atoms with Gasteiger partial charge in [-0.3, -0.25) is 4.79 Å². The number of carbonyl (C=O) groups is 1. The lowest BCUT2D eigenvalue weighted by atomic mass is 10.2. The number of pyridine rings is 1. The van der Waals surface area contributed by atoms with Gasteiger partial charge in [0.05, 0.1) is 0 Å². The third-order valence-electron chi connectivity index (χ3n) is 3.39. The number of nitrogens with zero attached hydrogens (tertiary/aromatic N) is 3. The van der Waals surface area contributed by atoms with E-state index in [1.165, 1.54) is 0 Å². The first kappa shape index (κ1) is 16.4. The highest BCUT2D eigenvalue weighted by atomic mass is 16.4. The maximum atomic E-state index is 11.5. The molecule has 2 aromatic heterocycles. The summed E-state index contributed by atoms with van der Waals surface area (Å²) >= 11 is 0. The number of carboxylic acids is 1. The zero-order chi connectivity index (χ0) is 17.0. The number of hydrogen-bond acceptors (Lipinski definition) is 5. The highest BCUT2D eigenvalue weighted by Gasteiger charge is 2.08. The second-order valence-electron chi connectivity index (χ2n) is 5.30. The van der Waals surface area contributed by atoms with Gasteiger partial charge in [-0.25, -0.2) is 14.8 Å². The predicted molar refractivity (Wildman–Crippen MR) is 88.5 cm³/mol. The molecule has 0 fully saturated rings. The first-order valence-corrected chi connectivity index (χ1v) is 7.08. The fraction of sp³-hybridized carbons (Fsp3) is 0.250. The molecule has 2 aromatic rings. The van der Waals surface area contributed by atoms with Crippen LogP contribution in [0.2, 0.25) is 0 Å². The number of aromatic amines is 1. The van der Waals surface area contributed by atoms with Crippen LogP contribution in [0, 0.1) is 0 Å². The summed E-state index contributed by atoms with van der Waals surface area (Å²) in [5, 5.41) is 8.78. The van der Waals surface area contributed by atoms with Crippen LogP contribution in [0.15, 0.2) is 29.3 Å². The van der Waals surface area contributed by atoms with Crippen molar-refractivity contribution in [3.63, 3.8) is 0 Å². The fourth-order valence-corrected chi connectivity index (χ4v) is 1.79. The summed E-state index contributed by atoms with van der Waals surface area (Å²) in [6.45, 7) is 4.16. The first-order chi connectivity index (χ1) is 10.9. The standard InChI is InChI=1S/C16H18N4O3/c1-10(2)20(3)14-7-5-11(8-18-14)4-6-13-17-9-12(16(22)23)15(21)19-13/h4-10H,1-3H3,(H,22,23)(H,17,19,21)/b6-4+. The molecule has 0 aliphatic rings. The summed E-state index contributed by atoms with van der Waals surface area (Å²) in [4.78, 5) is 35.0. The molecule has 0 saturated carbocycles. The molecule has 0 spiro atoms. The Balaban J connectivity index is 2.16. The van der Waals surface area contributed by atoms with Gasteiger partial charge in [0, 0.05) is 25.5 Å². The molecule has 0 bridgehead atoms. The molecule has 7 heteroatoms. The lowest BCUT2D eigenvalue weighted by Crippen LogP contribution is -2.26. The Morgan fingerprint density at radius 3 is 2.52 bits per heavy atom. The maximum absolute atomic E-state index is 11.5. The van der Waals surface area contributed by atoms with E-state index in [1.54, 1.807) is 18.3 Å². The molecular formula is C16H18N4O3. The molecule has 0 aliphatic heterocycles. The number of hydrogen-bond donors (Lipinski definition) is 2. The summed E-state index contributed by atoms with van der Waals surface area (Å²) in [7, 11) is 1.97. The average Bonchev–Trinajstić information content (AvgIpc) is 2.52. The van der Waals surface area contributed by atoms with Gasteiger partial charge in [-0.2, -0.15) is 0 Å². The Morgan fingerprint density at radius 2 is 2.00 bits per heavy atom. The van der Waals surface area contributed by atoms with Crippen molar-refractivity contribution in [2.45, 2.75) is 19.9 Å². The number of rotatable bonds is 5. The van der Waals surface area contributed by atoms with E-state index in [0.29, 0.717) is 6.04 Å². The summed E-state index contributed by atoms with van der Waals surface area (Å²) in [6, 6.07) is 4.16. The Labute approximate surface area is 133 Å². The van der Waals surface area contributed by atoms with E-state index >= 15 is 0 Å². The van der Waals surface area contributed by atoms with Gasteiger partial charge in [0.25, 0.3) is 5.56 Å². The fourth-order valence-electron chi connectivity index (χ4n) is 1.79. The van der Waals surface area contributed by atoms with E-state index in [9.17, 15) is 9.59 Å². The molecule has 0 radical (unpaired) electrons. The normalized spacial score (nSPS) is 11.1. The van der Waals surface area contributed by atoms with E-state index in [1.807, 2.05) is 19.2 Å². The molecule has 23 heavy (non-hydrogen) atoms. The molecule has 7 nitrogen and oxygen atoms in total. The van der Waals surface area contributed by atoms with Crippen molar-refractivity contribution in [1.29, 1.82) is 0 Å². The Bertz CT molecular complexity index is 779. The second-order valence-corrected chi connectivity index (χ2v) is 5.30.